The summed E-state index contributed by atoms with van der Waals surface area (Å²) in [4.78, 5) is 4.48. The Bertz CT molecular complexity index is 343. The second-order valence-electron chi connectivity index (χ2n) is 5.06. The SMILES string of the molecule is CCCCCCCCCCN=Cc1ccc(Br)cc1. The highest BCUT2D eigenvalue weighted by atomic mass is 79.9. The molecule has 0 heterocycles. The molecule has 0 N–H and O–H groups in total. The number of unbranched alkanes of at least 4 members (excludes halogenated alkanes) is 7. The summed E-state index contributed by atoms with van der Waals surface area (Å²) in [5.41, 5.74) is 1.18. The summed E-state index contributed by atoms with van der Waals surface area (Å²) in [5.74, 6) is 0. The Hall–Kier alpha value is -0.630. The molecule has 0 spiro atoms. The highest BCUT2D eigenvalue weighted by molar-refractivity contribution is 9.10. The Labute approximate surface area is 126 Å². The van der Waals surface area contributed by atoms with Crippen molar-refractivity contribution >= 4 is 22.1 Å². The normalized spacial score (nSPS) is 11.3. The molecule has 19 heavy (non-hydrogen) atoms. The fourth-order valence-corrected chi connectivity index (χ4v) is 2.32. The van der Waals surface area contributed by atoms with Crippen molar-refractivity contribution < 1.29 is 0 Å². The standard InChI is InChI=1S/C17H26BrN/c1-2-3-4-5-6-7-8-9-14-19-15-16-10-12-17(18)13-11-16/h10-13,15H,2-9,14H2,1H3. The maximum absolute atomic E-state index is 4.48. The summed E-state index contributed by atoms with van der Waals surface area (Å²) >= 11 is 3.43. The van der Waals surface area contributed by atoms with Crippen molar-refractivity contribution in [3.05, 3.63) is 34.3 Å². The maximum atomic E-state index is 4.48. The van der Waals surface area contributed by atoms with Crippen LogP contribution >= 0.6 is 15.9 Å². The third-order valence-corrected chi connectivity index (χ3v) is 3.78. The van der Waals surface area contributed by atoms with E-state index < -0.39 is 0 Å². The number of rotatable bonds is 10. The van der Waals surface area contributed by atoms with Crippen LogP contribution in [-0.4, -0.2) is 12.8 Å². The molecule has 0 aliphatic heterocycles. The molecule has 1 aromatic carbocycles. The average molecular weight is 324 g/mol. The third kappa shape index (κ3) is 8.99. The Balaban J connectivity index is 1.97. The zero-order valence-corrected chi connectivity index (χ0v) is 13.7. The Morgan fingerprint density at radius 2 is 1.47 bits per heavy atom. The molecular weight excluding hydrogens is 298 g/mol. The van der Waals surface area contributed by atoms with Gasteiger partial charge >= 0.3 is 0 Å². The molecule has 0 bridgehead atoms. The van der Waals surface area contributed by atoms with Crippen LogP contribution in [0.3, 0.4) is 0 Å². The molecule has 0 radical (unpaired) electrons. The van der Waals surface area contributed by atoms with Crippen LogP contribution in [0.15, 0.2) is 33.7 Å². The van der Waals surface area contributed by atoms with Gasteiger partial charge in [0.25, 0.3) is 0 Å². The van der Waals surface area contributed by atoms with Gasteiger partial charge in [0.2, 0.25) is 0 Å². The minimum atomic E-state index is 0.963. The average Bonchev–Trinajstić information content (AvgIpc) is 2.43. The molecule has 106 valence electrons. The van der Waals surface area contributed by atoms with Crippen LogP contribution in [0, 0.1) is 0 Å². The molecule has 1 nitrogen and oxygen atoms in total. The Morgan fingerprint density at radius 1 is 0.895 bits per heavy atom. The number of hydrogen-bond acceptors (Lipinski definition) is 1. The number of benzene rings is 1. The van der Waals surface area contributed by atoms with Gasteiger partial charge in [-0.15, -0.1) is 0 Å². The largest absolute Gasteiger partial charge is 0.293 e. The van der Waals surface area contributed by atoms with E-state index in [4.69, 9.17) is 0 Å². The van der Waals surface area contributed by atoms with E-state index in [-0.39, 0.29) is 0 Å². The van der Waals surface area contributed by atoms with E-state index in [2.05, 4.69) is 52.1 Å². The van der Waals surface area contributed by atoms with Crippen molar-refractivity contribution in [3.63, 3.8) is 0 Å². The van der Waals surface area contributed by atoms with Crippen molar-refractivity contribution in [1.82, 2.24) is 0 Å². The van der Waals surface area contributed by atoms with E-state index in [1.165, 1.54) is 56.9 Å². The minimum Gasteiger partial charge on any atom is -0.293 e. The molecule has 0 fully saturated rings. The molecule has 1 aromatic rings. The lowest BCUT2D eigenvalue weighted by Crippen LogP contribution is -1.86. The first-order chi connectivity index (χ1) is 9.33. The van der Waals surface area contributed by atoms with Gasteiger partial charge in [-0.1, -0.05) is 79.9 Å². The van der Waals surface area contributed by atoms with Gasteiger partial charge in [0.1, 0.15) is 0 Å². The van der Waals surface area contributed by atoms with Crippen molar-refractivity contribution in [3.8, 4) is 0 Å². The minimum absolute atomic E-state index is 0.963. The third-order valence-electron chi connectivity index (χ3n) is 3.25. The van der Waals surface area contributed by atoms with Crippen LogP contribution in [0.5, 0.6) is 0 Å². The molecule has 0 saturated heterocycles. The second-order valence-corrected chi connectivity index (χ2v) is 5.98. The van der Waals surface area contributed by atoms with Crippen molar-refractivity contribution in [2.24, 2.45) is 4.99 Å². The van der Waals surface area contributed by atoms with Crippen LogP contribution in [-0.2, 0) is 0 Å². The topological polar surface area (TPSA) is 12.4 Å². The predicted molar refractivity (Wildman–Crippen MR) is 89.2 cm³/mol. The fraction of sp³-hybridized carbons (Fsp3) is 0.588. The molecule has 0 amide bonds. The highest BCUT2D eigenvalue weighted by Gasteiger charge is 1.91. The highest BCUT2D eigenvalue weighted by Crippen LogP contribution is 2.10. The van der Waals surface area contributed by atoms with Gasteiger partial charge in [-0.05, 0) is 24.1 Å². The Morgan fingerprint density at radius 3 is 2.11 bits per heavy atom. The van der Waals surface area contributed by atoms with Gasteiger partial charge in [-0.25, -0.2) is 0 Å². The zero-order valence-electron chi connectivity index (χ0n) is 12.1. The van der Waals surface area contributed by atoms with E-state index in [0.29, 0.717) is 0 Å². The molecule has 0 aliphatic rings. The van der Waals surface area contributed by atoms with Gasteiger partial charge in [-0.2, -0.15) is 0 Å². The first-order valence-corrected chi connectivity index (χ1v) is 8.37. The van der Waals surface area contributed by atoms with Crippen molar-refractivity contribution in [1.29, 1.82) is 0 Å². The van der Waals surface area contributed by atoms with Crippen LogP contribution in [0.2, 0.25) is 0 Å². The van der Waals surface area contributed by atoms with Crippen LogP contribution in [0.1, 0.15) is 63.9 Å². The first-order valence-electron chi connectivity index (χ1n) is 7.58. The van der Waals surface area contributed by atoms with Crippen molar-refractivity contribution in [2.75, 3.05) is 6.54 Å². The van der Waals surface area contributed by atoms with Gasteiger partial charge in [0.05, 0.1) is 0 Å². The van der Waals surface area contributed by atoms with E-state index in [1.807, 2.05) is 6.21 Å². The second kappa shape index (κ2) is 11.2. The van der Waals surface area contributed by atoms with E-state index in [1.54, 1.807) is 0 Å². The quantitative estimate of drug-likeness (QED) is 0.369. The fourth-order valence-electron chi connectivity index (χ4n) is 2.06. The number of hydrogen-bond donors (Lipinski definition) is 0. The first kappa shape index (κ1) is 16.4. The zero-order chi connectivity index (χ0) is 13.8. The van der Waals surface area contributed by atoms with Gasteiger partial charge in [0.15, 0.2) is 0 Å². The molecular formula is C17H26BrN. The molecule has 0 aromatic heterocycles. The number of halogens is 1. The van der Waals surface area contributed by atoms with Crippen LogP contribution in [0.4, 0.5) is 0 Å². The maximum Gasteiger partial charge on any atom is 0.0389 e. The van der Waals surface area contributed by atoms with Crippen molar-refractivity contribution in [2.45, 2.75) is 58.3 Å². The van der Waals surface area contributed by atoms with Gasteiger partial charge in [0, 0.05) is 17.2 Å². The monoisotopic (exact) mass is 323 g/mol. The lowest BCUT2D eigenvalue weighted by atomic mass is 10.1. The molecule has 0 unspecified atom stereocenters. The van der Waals surface area contributed by atoms with E-state index in [9.17, 15) is 0 Å². The summed E-state index contributed by atoms with van der Waals surface area (Å²) in [7, 11) is 0. The smallest absolute Gasteiger partial charge is 0.0389 e. The molecule has 2 heteroatoms. The summed E-state index contributed by atoms with van der Waals surface area (Å²) in [6, 6.07) is 8.28. The summed E-state index contributed by atoms with van der Waals surface area (Å²) < 4.78 is 1.12. The lowest BCUT2D eigenvalue weighted by molar-refractivity contribution is 0.578. The van der Waals surface area contributed by atoms with E-state index >= 15 is 0 Å². The molecule has 0 saturated carbocycles. The summed E-state index contributed by atoms with van der Waals surface area (Å²) in [6.07, 6.45) is 12.9. The van der Waals surface area contributed by atoms with Crippen LogP contribution < -0.4 is 0 Å². The Kier molecular flexibility index (Phi) is 9.70. The molecule has 0 aliphatic carbocycles. The number of aliphatic imine (C=N–C) groups is 1. The number of nitrogens with zero attached hydrogens (tertiary/aromatic N) is 1. The van der Waals surface area contributed by atoms with Gasteiger partial charge < -0.3 is 0 Å². The van der Waals surface area contributed by atoms with E-state index in [0.717, 1.165) is 11.0 Å². The lowest BCUT2D eigenvalue weighted by Gasteiger charge is -1.99. The molecule has 1 rings (SSSR count). The summed E-state index contributed by atoms with van der Waals surface area (Å²) in [5, 5.41) is 0. The predicted octanol–water partition coefficient (Wildman–Crippen LogP) is 6.01. The van der Waals surface area contributed by atoms with Gasteiger partial charge in [-0.3, -0.25) is 4.99 Å². The summed E-state index contributed by atoms with van der Waals surface area (Å²) in [6.45, 7) is 3.23. The molecule has 0 atom stereocenters. The van der Waals surface area contributed by atoms with Crippen LogP contribution in [0.25, 0.3) is 0 Å².